The molecule has 4 nitrogen and oxygen atoms in total. The van der Waals surface area contributed by atoms with Crippen LogP contribution >= 0.6 is 0 Å². The van der Waals surface area contributed by atoms with Crippen molar-refractivity contribution in [1.82, 2.24) is 10.2 Å². The normalized spacial score (nSPS) is 25.5. The molecule has 1 atom stereocenters. The molecular weight excluding hydrogens is 240 g/mol. The summed E-state index contributed by atoms with van der Waals surface area (Å²) in [5, 5.41) is 3.47. The number of nitrogens with zero attached hydrogens (tertiary/aromatic N) is 1. The first kappa shape index (κ1) is 14.8. The molecule has 0 bridgehead atoms. The first-order valence-corrected chi connectivity index (χ1v) is 7.92. The fourth-order valence-electron chi connectivity index (χ4n) is 3.10. The lowest BCUT2D eigenvalue weighted by atomic mass is 10.0. The number of nitrogens with one attached hydrogen (secondary N) is 1. The van der Waals surface area contributed by atoms with Crippen molar-refractivity contribution in [3.05, 3.63) is 0 Å². The number of hydrogen-bond acceptors (Lipinski definition) is 3. The number of likely N-dealkylation sites (tertiary alicyclic amines) is 1. The second-order valence-electron chi connectivity index (χ2n) is 5.74. The van der Waals surface area contributed by atoms with Crippen molar-refractivity contribution in [3.63, 3.8) is 0 Å². The molecule has 0 spiro atoms. The standard InChI is InChI=1S/C15H28N2O2/c1-2-16-13-8-10-17(11-9-13)15(18)7-6-14-5-3-4-12-19-14/h13-14,16H,2-12H2,1H3. The Hall–Kier alpha value is -0.610. The smallest absolute Gasteiger partial charge is 0.222 e. The summed E-state index contributed by atoms with van der Waals surface area (Å²) in [6, 6.07) is 0.607. The predicted octanol–water partition coefficient (Wildman–Crippen LogP) is 1.94. The minimum absolute atomic E-state index is 0.323. The van der Waals surface area contributed by atoms with E-state index in [2.05, 4.69) is 12.2 Å². The molecule has 2 saturated heterocycles. The lowest BCUT2D eigenvalue weighted by Gasteiger charge is -2.33. The Morgan fingerprint density at radius 1 is 1.26 bits per heavy atom. The molecule has 2 aliphatic heterocycles. The molecule has 2 fully saturated rings. The van der Waals surface area contributed by atoms with Gasteiger partial charge in [-0.15, -0.1) is 0 Å². The van der Waals surface area contributed by atoms with E-state index in [1.165, 1.54) is 12.8 Å². The molecule has 1 unspecified atom stereocenters. The number of hydrogen-bond donors (Lipinski definition) is 1. The third-order valence-corrected chi connectivity index (χ3v) is 4.29. The van der Waals surface area contributed by atoms with E-state index >= 15 is 0 Å². The number of ether oxygens (including phenoxy) is 1. The SMILES string of the molecule is CCNC1CCN(C(=O)CCC2CCCCO2)CC1. The summed E-state index contributed by atoms with van der Waals surface area (Å²) in [4.78, 5) is 14.2. The Balaban J connectivity index is 1.63. The van der Waals surface area contributed by atoms with Gasteiger partial charge < -0.3 is 15.0 Å². The van der Waals surface area contributed by atoms with Gasteiger partial charge in [0.05, 0.1) is 6.10 Å². The number of amides is 1. The zero-order valence-corrected chi connectivity index (χ0v) is 12.2. The number of piperidine rings is 1. The summed E-state index contributed by atoms with van der Waals surface area (Å²) in [7, 11) is 0. The van der Waals surface area contributed by atoms with Gasteiger partial charge in [0.15, 0.2) is 0 Å². The molecule has 0 radical (unpaired) electrons. The van der Waals surface area contributed by atoms with Crippen molar-refractivity contribution >= 4 is 5.91 Å². The van der Waals surface area contributed by atoms with Crippen LogP contribution in [0.4, 0.5) is 0 Å². The molecule has 1 amide bonds. The largest absolute Gasteiger partial charge is 0.378 e. The predicted molar refractivity (Wildman–Crippen MR) is 76.1 cm³/mol. The molecule has 4 heteroatoms. The molecule has 2 aliphatic rings. The highest BCUT2D eigenvalue weighted by Gasteiger charge is 2.23. The molecule has 0 aromatic rings. The van der Waals surface area contributed by atoms with Gasteiger partial charge in [0, 0.05) is 32.2 Å². The molecule has 1 N–H and O–H groups in total. The van der Waals surface area contributed by atoms with Crippen LogP contribution in [0.25, 0.3) is 0 Å². The van der Waals surface area contributed by atoms with E-state index < -0.39 is 0 Å². The molecule has 0 saturated carbocycles. The molecule has 2 heterocycles. The maximum absolute atomic E-state index is 12.2. The van der Waals surface area contributed by atoms with Gasteiger partial charge in [0.25, 0.3) is 0 Å². The molecule has 0 aromatic carbocycles. The molecule has 110 valence electrons. The van der Waals surface area contributed by atoms with Crippen LogP contribution in [0.5, 0.6) is 0 Å². The van der Waals surface area contributed by atoms with E-state index in [0.29, 0.717) is 24.5 Å². The highest BCUT2D eigenvalue weighted by Crippen LogP contribution is 2.18. The van der Waals surface area contributed by atoms with E-state index in [-0.39, 0.29) is 0 Å². The summed E-state index contributed by atoms with van der Waals surface area (Å²) in [5.41, 5.74) is 0. The average molecular weight is 268 g/mol. The maximum Gasteiger partial charge on any atom is 0.222 e. The van der Waals surface area contributed by atoms with Crippen molar-refractivity contribution in [3.8, 4) is 0 Å². The molecule has 19 heavy (non-hydrogen) atoms. The summed E-state index contributed by atoms with van der Waals surface area (Å²) in [5.74, 6) is 0.323. The summed E-state index contributed by atoms with van der Waals surface area (Å²) in [6.07, 6.45) is 7.67. The average Bonchev–Trinajstić information content (AvgIpc) is 2.47. The number of carbonyl (C=O) groups excluding carboxylic acids is 1. The van der Waals surface area contributed by atoms with Crippen LogP contribution in [0, 0.1) is 0 Å². The Labute approximate surface area is 116 Å². The zero-order valence-electron chi connectivity index (χ0n) is 12.2. The maximum atomic E-state index is 12.2. The van der Waals surface area contributed by atoms with Crippen LogP contribution in [-0.4, -0.2) is 49.2 Å². The highest BCUT2D eigenvalue weighted by atomic mass is 16.5. The highest BCUT2D eigenvalue weighted by molar-refractivity contribution is 5.76. The topological polar surface area (TPSA) is 41.6 Å². The third kappa shape index (κ3) is 4.77. The van der Waals surface area contributed by atoms with E-state index in [1.54, 1.807) is 0 Å². The second-order valence-corrected chi connectivity index (χ2v) is 5.74. The lowest BCUT2D eigenvalue weighted by Crippen LogP contribution is -2.45. The number of rotatable bonds is 5. The van der Waals surface area contributed by atoms with Crippen LogP contribution in [0.15, 0.2) is 0 Å². The van der Waals surface area contributed by atoms with Crippen molar-refractivity contribution in [2.75, 3.05) is 26.2 Å². The van der Waals surface area contributed by atoms with Crippen LogP contribution in [0.2, 0.25) is 0 Å². The van der Waals surface area contributed by atoms with Gasteiger partial charge in [-0.1, -0.05) is 6.92 Å². The van der Waals surface area contributed by atoms with Crippen molar-refractivity contribution in [1.29, 1.82) is 0 Å². The number of carbonyl (C=O) groups is 1. The fraction of sp³-hybridized carbons (Fsp3) is 0.933. The van der Waals surface area contributed by atoms with Crippen LogP contribution < -0.4 is 5.32 Å². The van der Waals surface area contributed by atoms with Crippen molar-refractivity contribution < 1.29 is 9.53 Å². The Morgan fingerprint density at radius 2 is 2.05 bits per heavy atom. The van der Waals surface area contributed by atoms with Crippen LogP contribution in [0.1, 0.15) is 51.9 Å². The minimum atomic E-state index is 0.323. The van der Waals surface area contributed by atoms with Gasteiger partial charge in [-0.3, -0.25) is 4.79 Å². The Kier molecular flexibility index (Phi) is 6.11. The van der Waals surface area contributed by atoms with Crippen molar-refractivity contribution in [2.45, 2.75) is 64.0 Å². The summed E-state index contributed by atoms with van der Waals surface area (Å²) >= 11 is 0. The Bertz CT molecular complexity index is 269. The Morgan fingerprint density at radius 3 is 2.68 bits per heavy atom. The van der Waals surface area contributed by atoms with Gasteiger partial charge >= 0.3 is 0 Å². The fourth-order valence-corrected chi connectivity index (χ4v) is 3.10. The van der Waals surface area contributed by atoms with Gasteiger partial charge in [0.2, 0.25) is 5.91 Å². The van der Waals surface area contributed by atoms with E-state index in [1.807, 2.05) is 4.90 Å². The van der Waals surface area contributed by atoms with E-state index in [9.17, 15) is 4.79 Å². The van der Waals surface area contributed by atoms with Crippen molar-refractivity contribution in [2.24, 2.45) is 0 Å². The summed E-state index contributed by atoms with van der Waals surface area (Å²) < 4.78 is 5.68. The molecule has 0 aliphatic carbocycles. The summed E-state index contributed by atoms with van der Waals surface area (Å²) in [6.45, 7) is 5.89. The first-order valence-electron chi connectivity index (χ1n) is 7.92. The lowest BCUT2D eigenvalue weighted by molar-refractivity contribution is -0.133. The van der Waals surface area contributed by atoms with Gasteiger partial charge in [0.1, 0.15) is 0 Å². The van der Waals surface area contributed by atoms with Crippen LogP contribution in [0.3, 0.4) is 0 Å². The molecule has 0 aromatic heterocycles. The molecule has 2 rings (SSSR count). The third-order valence-electron chi connectivity index (χ3n) is 4.29. The zero-order chi connectivity index (χ0) is 13.5. The first-order chi connectivity index (χ1) is 9.29. The molecular formula is C15H28N2O2. The quantitative estimate of drug-likeness (QED) is 0.828. The van der Waals surface area contributed by atoms with E-state index in [4.69, 9.17) is 4.74 Å². The van der Waals surface area contributed by atoms with Gasteiger partial charge in [-0.25, -0.2) is 0 Å². The van der Waals surface area contributed by atoms with Gasteiger partial charge in [-0.05, 0) is 45.1 Å². The van der Waals surface area contributed by atoms with Crippen LogP contribution in [-0.2, 0) is 9.53 Å². The van der Waals surface area contributed by atoms with Gasteiger partial charge in [-0.2, -0.15) is 0 Å². The minimum Gasteiger partial charge on any atom is -0.378 e. The van der Waals surface area contributed by atoms with E-state index in [0.717, 1.165) is 51.9 Å². The second kappa shape index (κ2) is 7.85. The monoisotopic (exact) mass is 268 g/mol.